The molecule has 2 aromatic rings. The number of nitrogens with one attached hydrogen (secondary N) is 1. The van der Waals surface area contributed by atoms with Gasteiger partial charge in [-0.15, -0.1) is 0 Å². The zero-order valence-electron chi connectivity index (χ0n) is 12.2. The fourth-order valence-electron chi connectivity index (χ4n) is 1.82. The summed E-state index contributed by atoms with van der Waals surface area (Å²) < 4.78 is 7.24. The maximum atomic E-state index is 5.31. The van der Waals surface area contributed by atoms with Crippen molar-refractivity contribution in [2.75, 3.05) is 11.9 Å². The summed E-state index contributed by atoms with van der Waals surface area (Å²) in [6.45, 7) is 8.39. The van der Waals surface area contributed by atoms with E-state index in [2.05, 4.69) is 34.2 Å². The molecule has 0 aromatic carbocycles. The van der Waals surface area contributed by atoms with Crippen LogP contribution in [0.15, 0.2) is 24.7 Å². The third-order valence-electron chi connectivity index (χ3n) is 2.71. The molecule has 0 amide bonds. The molecule has 0 unspecified atom stereocenters. The Kier molecular flexibility index (Phi) is 4.92. The molecule has 0 bridgehead atoms. The van der Waals surface area contributed by atoms with Gasteiger partial charge in [-0.1, -0.05) is 13.8 Å². The minimum atomic E-state index is 0.544. The van der Waals surface area contributed by atoms with Crippen LogP contribution < -0.4 is 10.1 Å². The maximum absolute atomic E-state index is 5.31. The molecular formula is C14H21N5O. The molecular weight excluding hydrogens is 254 g/mol. The Morgan fingerprint density at radius 3 is 2.80 bits per heavy atom. The van der Waals surface area contributed by atoms with E-state index in [1.54, 1.807) is 12.5 Å². The summed E-state index contributed by atoms with van der Waals surface area (Å²) in [7, 11) is 0. The summed E-state index contributed by atoms with van der Waals surface area (Å²) in [5, 5.41) is 7.53. The molecule has 20 heavy (non-hydrogen) atoms. The minimum Gasteiger partial charge on any atom is -0.478 e. The van der Waals surface area contributed by atoms with Crippen LogP contribution in [0, 0.1) is 5.92 Å². The Bertz CT molecular complexity index is 521. The number of rotatable bonds is 7. The number of hydrogen-bond donors (Lipinski definition) is 1. The van der Waals surface area contributed by atoms with Gasteiger partial charge in [0.05, 0.1) is 25.0 Å². The molecule has 6 heteroatoms. The van der Waals surface area contributed by atoms with Crippen LogP contribution in [-0.2, 0) is 13.1 Å². The van der Waals surface area contributed by atoms with Crippen molar-refractivity contribution in [1.29, 1.82) is 0 Å². The smallest absolute Gasteiger partial charge is 0.213 e. The third kappa shape index (κ3) is 3.94. The van der Waals surface area contributed by atoms with Gasteiger partial charge in [-0.3, -0.25) is 0 Å². The summed E-state index contributed by atoms with van der Waals surface area (Å²) in [6.07, 6.45) is 3.35. The first-order valence-electron chi connectivity index (χ1n) is 6.88. The van der Waals surface area contributed by atoms with Gasteiger partial charge >= 0.3 is 0 Å². The molecule has 0 fully saturated rings. The molecule has 0 radical (unpaired) electrons. The highest BCUT2D eigenvalue weighted by Crippen LogP contribution is 2.12. The minimum absolute atomic E-state index is 0.544. The van der Waals surface area contributed by atoms with Gasteiger partial charge in [0, 0.05) is 12.6 Å². The molecule has 2 heterocycles. The molecule has 0 saturated heterocycles. The van der Waals surface area contributed by atoms with Crippen molar-refractivity contribution in [3.05, 3.63) is 30.5 Å². The average Bonchev–Trinajstić information content (AvgIpc) is 2.85. The highest BCUT2D eigenvalue weighted by Gasteiger charge is 2.06. The quantitative estimate of drug-likeness (QED) is 0.840. The van der Waals surface area contributed by atoms with E-state index in [9.17, 15) is 0 Å². The zero-order valence-corrected chi connectivity index (χ0v) is 12.2. The van der Waals surface area contributed by atoms with Gasteiger partial charge in [0.1, 0.15) is 12.2 Å². The summed E-state index contributed by atoms with van der Waals surface area (Å²) >= 11 is 0. The molecule has 0 spiro atoms. The Labute approximate surface area is 119 Å². The van der Waals surface area contributed by atoms with Crippen LogP contribution in [0.1, 0.15) is 26.6 Å². The van der Waals surface area contributed by atoms with Crippen LogP contribution in [-0.4, -0.2) is 26.4 Å². The lowest BCUT2D eigenvalue weighted by atomic mass is 10.2. The largest absolute Gasteiger partial charge is 0.478 e. The molecule has 0 aliphatic rings. The monoisotopic (exact) mass is 275 g/mol. The van der Waals surface area contributed by atoms with Gasteiger partial charge in [-0.25, -0.2) is 14.6 Å². The molecule has 1 N–H and O–H groups in total. The lowest BCUT2D eigenvalue weighted by Crippen LogP contribution is -2.13. The standard InChI is InChI=1S/C14H21N5O/c1-4-20-14-6-5-12(7-16-14)15-8-13-17-10-18-19(13)9-11(2)3/h5-7,10-11,15H,4,8-9H2,1-3H3. The van der Waals surface area contributed by atoms with Crippen molar-refractivity contribution in [3.63, 3.8) is 0 Å². The third-order valence-corrected chi connectivity index (χ3v) is 2.71. The summed E-state index contributed by atoms with van der Waals surface area (Å²) in [5.41, 5.74) is 0.938. The zero-order chi connectivity index (χ0) is 14.4. The molecule has 0 aliphatic heterocycles. The molecule has 0 atom stereocenters. The Morgan fingerprint density at radius 1 is 1.30 bits per heavy atom. The Balaban J connectivity index is 1.93. The number of nitrogens with zero attached hydrogens (tertiary/aromatic N) is 4. The molecule has 6 nitrogen and oxygen atoms in total. The van der Waals surface area contributed by atoms with E-state index in [-0.39, 0.29) is 0 Å². The fraction of sp³-hybridized carbons (Fsp3) is 0.500. The van der Waals surface area contributed by atoms with Crippen molar-refractivity contribution in [2.24, 2.45) is 5.92 Å². The van der Waals surface area contributed by atoms with E-state index in [4.69, 9.17) is 4.74 Å². The number of aromatic nitrogens is 4. The lowest BCUT2D eigenvalue weighted by Gasteiger charge is -2.10. The van der Waals surface area contributed by atoms with Gasteiger partial charge in [-0.2, -0.15) is 5.10 Å². The molecule has 0 saturated carbocycles. The van der Waals surface area contributed by atoms with Crippen LogP contribution >= 0.6 is 0 Å². The first-order valence-corrected chi connectivity index (χ1v) is 6.88. The Morgan fingerprint density at radius 2 is 2.15 bits per heavy atom. The lowest BCUT2D eigenvalue weighted by molar-refractivity contribution is 0.327. The van der Waals surface area contributed by atoms with Gasteiger partial charge in [0.15, 0.2) is 0 Å². The first-order chi connectivity index (χ1) is 9.69. The van der Waals surface area contributed by atoms with Crippen molar-refractivity contribution < 1.29 is 4.74 Å². The average molecular weight is 275 g/mol. The van der Waals surface area contributed by atoms with Gasteiger partial charge in [0.2, 0.25) is 5.88 Å². The molecule has 108 valence electrons. The normalized spacial score (nSPS) is 10.8. The number of anilines is 1. The van der Waals surface area contributed by atoms with Crippen molar-refractivity contribution in [1.82, 2.24) is 19.7 Å². The Hall–Kier alpha value is -2.11. The van der Waals surface area contributed by atoms with Gasteiger partial charge in [-0.05, 0) is 18.9 Å². The van der Waals surface area contributed by atoms with Crippen LogP contribution in [0.5, 0.6) is 5.88 Å². The molecule has 2 aromatic heterocycles. The van der Waals surface area contributed by atoms with E-state index in [0.717, 1.165) is 18.1 Å². The van der Waals surface area contributed by atoms with E-state index in [1.165, 1.54) is 0 Å². The van der Waals surface area contributed by atoms with Crippen molar-refractivity contribution in [3.8, 4) is 5.88 Å². The van der Waals surface area contributed by atoms with Gasteiger partial charge in [0.25, 0.3) is 0 Å². The fourth-order valence-corrected chi connectivity index (χ4v) is 1.82. The van der Waals surface area contributed by atoms with E-state index < -0.39 is 0 Å². The van der Waals surface area contributed by atoms with Crippen LogP contribution in [0.2, 0.25) is 0 Å². The predicted octanol–water partition coefficient (Wildman–Crippen LogP) is 2.34. The molecule has 2 rings (SSSR count). The summed E-state index contributed by atoms with van der Waals surface area (Å²) in [5.74, 6) is 2.11. The summed E-state index contributed by atoms with van der Waals surface area (Å²) in [4.78, 5) is 8.49. The summed E-state index contributed by atoms with van der Waals surface area (Å²) in [6, 6.07) is 3.80. The number of hydrogen-bond acceptors (Lipinski definition) is 5. The highest BCUT2D eigenvalue weighted by atomic mass is 16.5. The second-order valence-electron chi connectivity index (χ2n) is 4.92. The number of pyridine rings is 1. The predicted molar refractivity (Wildman–Crippen MR) is 77.6 cm³/mol. The van der Waals surface area contributed by atoms with E-state index >= 15 is 0 Å². The van der Waals surface area contributed by atoms with Crippen LogP contribution in [0.25, 0.3) is 0 Å². The molecule has 0 aliphatic carbocycles. The number of ether oxygens (including phenoxy) is 1. The van der Waals surface area contributed by atoms with Crippen molar-refractivity contribution in [2.45, 2.75) is 33.9 Å². The van der Waals surface area contributed by atoms with Crippen LogP contribution in [0.3, 0.4) is 0 Å². The highest BCUT2D eigenvalue weighted by molar-refractivity contribution is 5.41. The second-order valence-corrected chi connectivity index (χ2v) is 4.92. The second kappa shape index (κ2) is 6.88. The first kappa shape index (κ1) is 14.3. The van der Waals surface area contributed by atoms with Crippen molar-refractivity contribution >= 4 is 5.69 Å². The maximum Gasteiger partial charge on any atom is 0.213 e. The topological polar surface area (TPSA) is 64.9 Å². The van der Waals surface area contributed by atoms with Crippen LogP contribution in [0.4, 0.5) is 5.69 Å². The van der Waals surface area contributed by atoms with E-state index in [0.29, 0.717) is 24.9 Å². The SMILES string of the molecule is CCOc1ccc(NCc2ncnn2CC(C)C)cn1. The van der Waals surface area contributed by atoms with Gasteiger partial charge < -0.3 is 10.1 Å². The van der Waals surface area contributed by atoms with E-state index in [1.807, 2.05) is 23.7 Å².